The van der Waals surface area contributed by atoms with Crippen molar-refractivity contribution in [3.63, 3.8) is 0 Å². The Morgan fingerprint density at radius 2 is 2.26 bits per heavy atom. The number of sulfonamides is 1. The number of carbonyl (C=O) groups excluding carboxylic acids is 1. The second kappa shape index (κ2) is 5.82. The van der Waals surface area contributed by atoms with Crippen LogP contribution in [0.4, 0.5) is 0 Å². The SMILES string of the molecule is Cn1cc(S(=O)(=O)N2CCC[C@@H]2Cn2ccnc2)cc1C(N)=O. The van der Waals surface area contributed by atoms with Gasteiger partial charge in [0.1, 0.15) is 10.6 Å². The van der Waals surface area contributed by atoms with E-state index in [0.717, 1.165) is 12.8 Å². The molecule has 1 atom stereocenters. The number of primary amides is 1. The van der Waals surface area contributed by atoms with E-state index in [2.05, 4.69) is 4.98 Å². The number of hydrogen-bond acceptors (Lipinski definition) is 4. The van der Waals surface area contributed by atoms with Gasteiger partial charge in [0.15, 0.2) is 0 Å². The highest BCUT2D eigenvalue weighted by molar-refractivity contribution is 7.89. The van der Waals surface area contributed by atoms with Gasteiger partial charge in [0.2, 0.25) is 10.0 Å². The zero-order chi connectivity index (χ0) is 16.6. The van der Waals surface area contributed by atoms with Gasteiger partial charge in [-0.1, -0.05) is 0 Å². The van der Waals surface area contributed by atoms with E-state index in [1.165, 1.54) is 21.1 Å². The van der Waals surface area contributed by atoms with Crippen molar-refractivity contribution in [1.82, 2.24) is 18.4 Å². The molecule has 0 spiro atoms. The lowest BCUT2D eigenvalue weighted by Crippen LogP contribution is -2.37. The molecule has 1 aliphatic heterocycles. The van der Waals surface area contributed by atoms with Crippen molar-refractivity contribution in [2.24, 2.45) is 12.8 Å². The van der Waals surface area contributed by atoms with Crippen molar-refractivity contribution in [3.05, 3.63) is 36.7 Å². The van der Waals surface area contributed by atoms with E-state index in [1.54, 1.807) is 19.6 Å². The maximum atomic E-state index is 12.9. The normalized spacial score (nSPS) is 19.3. The van der Waals surface area contributed by atoms with Gasteiger partial charge in [0.25, 0.3) is 5.91 Å². The van der Waals surface area contributed by atoms with E-state index in [9.17, 15) is 13.2 Å². The Bertz CT molecular complexity index is 810. The van der Waals surface area contributed by atoms with Gasteiger partial charge in [-0.15, -0.1) is 0 Å². The molecule has 9 heteroatoms. The topological polar surface area (TPSA) is 103 Å². The molecule has 0 saturated carbocycles. The molecule has 2 aromatic heterocycles. The first kappa shape index (κ1) is 15.8. The summed E-state index contributed by atoms with van der Waals surface area (Å²) < 4.78 is 30.6. The van der Waals surface area contributed by atoms with Crippen LogP contribution < -0.4 is 5.73 Å². The maximum Gasteiger partial charge on any atom is 0.265 e. The van der Waals surface area contributed by atoms with Crippen molar-refractivity contribution >= 4 is 15.9 Å². The average molecular weight is 337 g/mol. The minimum atomic E-state index is -3.66. The van der Waals surface area contributed by atoms with Crippen molar-refractivity contribution in [3.8, 4) is 0 Å². The van der Waals surface area contributed by atoms with E-state index in [1.807, 2.05) is 10.8 Å². The lowest BCUT2D eigenvalue weighted by Gasteiger charge is -2.23. The zero-order valence-electron chi connectivity index (χ0n) is 12.8. The molecule has 3 rings (SSSR count). The number of amides is 1. The number of imidazole rings is 1. The molecule has 2 N–H and O–H groups in total. The summed E-state index contributed by atoms with van der Waals surface area (Å²) in [5.41, 5.74) is 5.44. The third-order valence-electron chi connectivity index (χ3n) is 4.14. The van der Waals surface area contributed by atoms with Gasteiger partial charge in [-0.3, -0.25) is 4.79 Å². The minimum absolute atomic E-state index is 0.103. The van der Waals surface area contributed by atoms with Gasteiger partial charge < -0.3 is 14.9 Å². The van der Waals surface area contributed by atoms with Crippen LogP contribution in [-0.2, 0) is 23.6 Å². The Labute approximate surface area is 134 Å². The fraction of sp³-hybridized carbons (Fsp3) is 0.429. The molecule has 3 heterocycles. The first-order valence-corrected chi connectivity index (χ1v) is 8.77. The maximum absolute atomic E-state index is 12.9. The number of aryl methyl sites for hydroxylation is 1. The van der Waals surface area contributed by atoms with Crippen LogP contribution in [0.25, 0.3) is 0 Å². The Morgan fingerprint density at radius 3 is 2.87 bits per heavy atom. The van der Waals surface area contributed by atoms with Crippen LogP contribution in [-0.4, -0.2) is 45.3 Å². The monoisotopic (exact) mass is 337 g/mol. The highest BCUT2D eigenvalue weighted by Gasteiger charge is 2.36. The lowest BCUT2D eigenvalue weighted by atomic mass is 10.2. The highest BCUT2D eigenvalue weighted by atomic mass is 32.2. The van der Waals surface area contributed by atoms with Gasteiger partial charge in [0.05, 0.1) is 6.33 Å². The summed E-state index contributed by atoms with van der Waals surface area (Å²) in [5, 5.41) is 0. The third kappa shape index (κ3) is 2.89. The summed E-state index contributed by atoms with van der Waals surface area (Å²) in [4.78, 5) is 15.4. The molecular weight excluding hydrogens is 318 g/mol. The molecular formula is C14H19N5O3S. The number of carbonyl (C=O) groups is 1. The van der Waals surface area contributed by atoms with E-state index in [-0.39, 0.29) is 16.6 Å². The Morgan fingerprint density at radius 1 is 1.48 bits per heavy atom. The molecule has 1 saturated heterocycles. The summed E-state index contributed by atoms with van der Waals surface area (Å²) in [7, 11) is -2.05. The second-order valence-corrected chi connectivity index (χ2v) is 7.60. The van der Waals surface area contributed by atoms with Crippen LogP contribution in [0.3, 0.4) is 0 Å². The average Bonchev–Trinajstić information content (AvgIpc) is 3.19. The van der Waals surface area contributed by atoms with Crippen LogP contribution in [0.15, 0.2) is 35.9 Å². The molecule has 124 valence electrons. The van der Waals surface area contributed by atoms with Crippen LogP contribution in [0.2, 0.25) is 0 Å². The summed E-state index contributed by atoms with van der Waals surface area (Å²) >= 11 is 0. The Balaban J connectivity index is 1.89. The van der Waals surface area contributed by atoms with Crippen LogP contribution in [0.1, 0.15) is 23.3 Å². The van der Waals surface area contributed by atoms with Crippen molar-refractivity contribution in [1.29, 1.82) is 0 Å². The molecule has 0 bridgehead atoms. The van der Waals surface area contributed by atoms with Gasteiger partial charge >= 0.3 is 0 Å². The highest BCUT2D eigenvalue weighted by Crippen LogP contribution is 2.27. The molecule has 0 radical (unpaired) electrons. The van der Waals surface area contributed by atoms with Crippen molar-refractivity contribution in [2.45, 2.75) is 30.3 Å². The number of nitrogens with two attached hydrogens (primary N) is 1. The summed E-state index contributed by atoms with van der Waals surface area (Å²) in [6, 6.07) is 1.22. The first-order chi connectivity index (χ1) is 10.9. The molecule has 1 amide bonds. The van der Waals surface area contributed by atoms with Crippen molar-refractivity contribution in [2.75, 3.05) is 6.54 Å². The van der Waals surface area contributed by atoms with Gasteiger partial charge in [-0.25, -0.2) is 13.4 Å². The molecule has 0 unspecified atom stereocenters. The zero-order valence-corrected chi connectivity index (χ0v) is 13.6. The predicted octanol–water partition coefficient (Wildman–Crippen LogP) is 0.174. The standard InChI is InChI=1S/C14H19N5O3S/c1-17-9-12(7-13(17)14(15)20)23(21,22)19-5-2-3-11(19)8-18-6-4-16-10-18/h4,6-7,9-11H,2-3,5,8H2,1H3,(H2,15,20)/t11-/m1/s1. The Kier molecular flexibility index (Phi) is 3.99. The largest absolute Gasteiger partial charge is 0.364 e. The predicted molar refractivity (Wildman–Crippen MR) is 83.1 cm³/mol. The fourth-order valence-corrected chi connectivity index (χ4v) is 4.76. The molecule has 23 heavy (non-hydrogen) atoms. The smallest absolute Gasteiger partial charge is 0.265 e. The van der Waals surface area contributed by atoms with Crippen molar-refractivity contribution < 1.29 is 13.2 Å². The van der Waals surface area contributed by atoms with Gasteiger partial charge in [0, 0.05) is 44.8 Å². The molecule has 0 aromatic carbocycles. The van der Waals surface area contributed by atoms with Crippen LogP contribution >= 0.6 is 0 Å². The lowest BCUT2D eigenvalue weighted by molar-refractivity contribution is 0.0992. The molecule has 1 aliphatic rings. The number of nitrogens with zero attached hydrogens (tertiary/aromatic N) is 4. The fourth-order valence-electron chi connectivity index (χ4n) is 3.00. The number of rotatable bonds is 5. The van der Waals surface area contributed by atoms with E-state index in [4.69, 9.17) is 5.73 Å². The first-order valence-electron chi connectivity index (χ1n) is 7.33. The summed E-state index contributed by atoms with van der Waals surface area (Å²) in [6.07, 6.45) is 8.21. The number of hydrogen-bond donors (Lipinski definition) is 1. The molecule has 8 nitrogen and oxygen atoms in total. The van der Waals surface area contributed by atoms with Crippen LogP contribution in [0, 0.1) is 0 Å². The third-order valence-corrected chi connectivity index (χ3v) is 6.06. The molecule has 2 aromatic rings. The van der Waals surface area contributed by atoms with E-state index < -0.39 is 15.9 Å². The van der Waals surface area contributed by atoms with E-state index >= 15 is 0 Å². The van der Waals surface area contributed by atoms with Gasteiger partial charge in [-0.05, 0) is 18.9 Å². The van der Waals surface area contributed by atoms with Gasteiger partial charge in [-0.2, -0.15) is 4.31 Å². The molecule has 1 fully saturated rings. The summed E-state index contributed by atoms with van der Waals surface area (Å²) in [5.74, 6) is -0.648. The number of aromatic nitrogens is 3. The minimum Gasteiger partial charge on any atom is -0.364 e. The second-order valence-electron chi connectivity index (χ2n) is 5.71. The van der Waals surface area contributed by atoms with E-state index in [0.29, 0.717) is 13.1 Å². The molecule has 0 aliphatic carbocycles. The quantitative estimate of drug-likeness (QED) is 0.840. The Hall–Kier alpha value is -2.13. The van der Waals surface area contributed by atoms with Crippen LogP contribution in [0.5, 0.6) is 0 Å². The summed E-state index contributed by atoms with van der Waals surface area (Å²) in [6.45, 7) is 1.04.